The quantitative estimate of drug-likeness (QED) is 0.593. The number of nitrogens with zero attached hydrogens (tertiary/aromatic N) is 3. The maximum Gasteiger partial charge on any atom is 0.144 e. The third-order valence-corrected chi connectivity index (χ3v) is 2.32. The van der Waals surface area contributed by atoms with Gasteiger partial charge in [-0.3, -0.25) is 10.9 Å². The zero-order chi connectivity index (χ0) is 11.5. The molecule has 0 aliphatic carbocycles. The predicted octanol–water partition coefficient (Wildman–Crippen LogP) is 1.79. The van der Waals surface area contributed by atoms with Crippen molar-refractivity contribution in [2.45, 2.75) is 0 Å². The minimum atomic E-state index is 0.757. The Kier molecular flexibility index (Phi) is 2.31. The van der Waals surface area contributed by atoms with E-state index in [2.05, 4.69) is 31.2 Å². The zero-order valence-corrected chi connectivity index (χ0v) is 8.88. The number of H-pyrrole nitrogens is 1. The molecule has 3 rings (SSSR count). The number of hydrogen-bond acceptors (Lipinski definition) is 5. The molecule has 0 radical (unpaired) electrons. The van der Waals surface area contributed by atoms with Gasteiger partial charge in [0, 0.05) is 6.20 Å². The number of hydrogen-bond donors (Lipinski definition) is 3. The van der Waals surface area contributed by atoms with Crippen LogP contribution in [0.2, 0.25) is 0 Å². The molecule has 0 amide bonds. The van der Waals surface area contributed by atoms with Gasteiger partial charge >= 0.3 is 0 Å². The molecule has 17 heavy (non-hydrogen) atoms. The Morgan fingerprint density at radius 2 is 1.88 bits per heavy atom. The van der Waals surface area contributed by atoms with Crippen molar-refractivity contribution in [3.8, 4) is 0 Å². The van der Waals surface area contributed by atoms with Gasteiger partial charge in [-0.2, -0.15) is 15.4 Å². The Labute approximate surface area is 97.0 Å². The molecule has 2 heterocycles. The van der Waals surface area contributed by atoms with Gasteiger partial charge in [0.2, 0.25) is 0 Å². The topological polar surface area (TPSA) is 78.5 Å². The van der Waals surface area contributed by atoms with Gasteiger partial charge in [-0.1, -0.05) is 6.07 Å². The monoisotopic (exact) mass is 226 g/mol. The van der Waals surface area contributed by atoms with Crippen molar-refractivity contribution in [3.63, 3.8) is 0 Å². The van der Waals surface area contributed by atoms with Crippen LogP contribution in [0.3, 0.4) is 0 Å². The van der Waals surface area contributed by atoms with Gasteiger partial charge in [-0.25, -0.2) is 4.98 Å². The maximum atomic E-state index is 4.14. The summed E-state index contributed by atoms with van der Waals surface area (Å²) in [6.45, 7) is 0. The number of hydrazine groups is 1. The van der Waals surface area contributed by atoms with Crippen LogP contribution in [-0.2, 0) is 0 Å². The van der Waals surface area contributed by atoms with E-state index in [1.807, 2.05) is 36.4 Å². The normalized spacial score (nSPS) is 10.4. The number of aromatic amines is 1. The fourth-order valence-corrected chi connectivity index (χ4v) is 1.49. The third-order valence-electron chi connectivity index (χ3n) is 2.32. The fraction of sp³-hybridized carbons (Fsp3) is 0. The molecule has 2 aromatic heterocycles. The SMILES string of the molecule is c1ccc(NNc2ccc3n[nH]nc3c2)nc1. The van der Waals surface area contributed by atoms with E-state index in [0.29, 0.717) is 0 Å². The Morgan fingerprint density at radius 3 is 2.76 bits per heavy atom. The minimum absolute atomic E-state index is 0.757. The summed E-state index contributed by atoms with van der Waals surface area (Å²) in [6.07, 6.45) is 1.73. The largest absolute Gasteiger partial charge is 0.300 e. The summed E-state index contributed by atoms with van der Waals surface area (Å²) in [5, 5.41) is 10.6. The van der Waals surface area contributed by atoms with Gasteiger partial charge in [0.1, 0.15) is 16.9 Å². The summed E-state index contributed by atoms with van der Waals surface area (Å²) in [6, 6.07) is 11.4. The predicted molar refractivity (Wildman–Crippen MR) is 65.4 cm³/mol. The second-order valence-electron chi connectivity index (χ2n) is 3.49. The van der Waals surface area contributed by atoms with E-state index in [4.69, 9.17) is 0 Å². The number of anilines is 2. The Balaban J connectivity index is 1.76. The Morgan fingerprint density at radius 1 is 0.941 bits per heavy atom. The van der Waals surface area contributed by atoms with Crippen LogP contribution in [0.4, 0.5) is 11.5 Å². The van der Waals surface area contributed by atoms with Crippen molar-refractivity contribution >= 4 is 22.5 Å². The van der Waals surface area contributed by atoms with Gasteiger partial charge in [0.15, 0.2) is 0 Å². The molecule has 6 nitrogen and oxygen atoms in total. The van der Waals surface area contributed by atoms with E-state index in [9.17, 15) is 0 Å². The van der Waals surface area contributed by atoms with Crippen LogP contribution in [0.15, 0.2) is 42.6 Å². The Bertz CT molecular complexity index is 618. The van der Waals surface area contributed by atoms with Crippen LogP contribution in [0.1, 0.15) is 0 Å². The highest BCUT2D eigenvalue weighted by Crippen LogP contribution is 2.14. The van der Waals surface area contributed by atoms with Crippen molar-refractivity contribution in [2.24, 2.45) is 0 Å². The van der Waals surface area contributed by atoms with Gasteiger partial charge in [0.25, 0.3) is 0 Å². The number of benzene rings is 1. The first-order chi connectivity index (χ1) is 8.42. The summed E-state index contributed by atoms with van der Waals surface area (Å²) in [5.74, 6) is 0.757. The van der Waals surface area contributed by atoms with Crippen molar-refractivity contribution in [2.75, 3.05) is 10.9 Å². The first kappa shape index (κ1) is 9.59. The maximum absolute atomic E-state index is 4.14. The number of nitrogens with one attached hydrogen (secondary N) is 3. The van der Waals surface area contributed by atoms with Crippen LogP contribution in [0.25, 0.3) is 11.0 Å². The van der Waals surface area contributed by atoms with Crippen molar-refractivity contribution in [1.82, 2.24) is 20.4 Å². The van der Waals surface area contributed by atoms with Crippen LogP contribution in [0.5, 0.6) is 0 Å². The average molecular weight is 226 g/mol. The second kappa shape index (κ2) is 4.09. The van der Waals surface area contributed by atoms with E-state index in [-0.39, 0.29) is 0 Å². The van der Waals surface area contributed by atoms with E-state index < -0.39 is 0 Å². The molecule has 0 aliphatic heterocycles. The van der Waals surface area contributed by atoms with Gasteiger partial charge < -0.3 is 0 Å². The molecule has 0 unspecified atom stereocenters. The third kappa shape index (κ3) is 2.00. The standard InChI is InChI=1S/C11H10N6/c1-2-6-12-11(3-1)16-13-8-4-5-9-10(7-8)15-17-14-9/h1-7,13H,(H,12,16)(H,14,15,17). The fourth-order valence-electron chi connectivity index (χ4n) is 1.49. The molecular formula is C11H10N6. The molecule has 1 aromatic carbocycles. The van der Waals surface area contributed by atoms with Crippen molar-refractivity contribution in [1.29, 1.82) is 0 Å². The molecular weight excluding hydrogens is 216 g/mol. The molecule has 0 bridgehead atoms. The summed E-state index contributed by atoms with van der Waals surface area (Å²) in [4.78, 5) is 4.14. The molecule has 0 saturated carbocycles. The molecule has 0 aliphatic rings. The van der Waals surface area contributed by atoms with Gasteiger partial charge in [0.05, 0.1) is 5.69 Å². The van der Waals surface area contributed by atoms with E-state index >= 15 is 0 Å². The number of aromatic nitrogens is 4. The molecule has 0 spiro atoms. The Hall–Kier alpha value is -2.63. The second-order valence-corrected chi connectivity index (χ2v) is 3.49. The highest BCUT2D eigenvalue weighted by molar-refractivity contribution is 5.78. The number of fused-ring (bicyclic) bond motifs is 1. The van der Waals surface area contributed by atoms with E-state index in [0.717, 1.165) is 22.5 Å². The lowest BCUT2D eigenvalue weighted by Crippen LogP contribution is -2.09. The average Bonchev–Trinajstić information content (AvgIpc) is 2.85. The van der Waals surface area contributed by atoms with Crippen LogP contribution in [-0.4, -0.2) is 20.4 Å². The lowest BCUT2D eigenvalue weighted by Gasteiger charge is -2.07. The summed E-state index contributed by atoms with van der Waals surface area (Å²) < 4.78 is 0. The molecule has 0 fully saturated rings. The van der Waals surface area contributed by atoms with Gasteiger partial charge in [-0.15, -0.1) is 0 Å². The smallest absolute Gasteiger partial charge is 0.144 e. The van der Waals surface area contributed by atoms with Crippen molar-refractivity contribution in [3.05, 3.63) is 42.6 Å². The molecule has 84 valence electrons. The van der Waals surface area contributed by atoms with Crippen LogP contribution in [0, 0.1) is 0 Å². The zero-order valence-electron chi connectivity index (χ0n) is 8.88. The van der Waals surface area contributed by atoms with Crippen LogP contribution < -0.4 is 10.9 Å². The summed E-state index contributed by atoms with van der Waals surface area (Å²) >= 11 is 0. The molecule has 6 heteroatoms. The highest BCUT2D eigenvalue weighted by Gasteiger charge is 1.99. The first-order valence-electron chi connectivity index (χ1n) is 5.15. The van der Waals surface area contributed by atoms with E-state index in [1.165, 1.54) is 0 Å². The molecule has 3 N–H and O–H groups in total. The summed E-state index contributed by atoms with van der Waals surface area (Å²) in [5.41, 5.74) is 8.61. The molecule has 0 saturated heterocycles. The number of rotatable bonds is 3. The highest BCUT2D eigenvalue weighted by atomic mass is 15.4. The molecule has 3 aromatic rings. The van der Waals surface area contributed by atoms with Crippen molar-refractivity contribution < 1.29 is 0 Å². The lowest BCUT2D eigenvalue weighted by molar-refractivity contribution is 0.959. The number of pyridine rings is 1. The van der Waals surface area contributed by atoms with Crippen LogP contribution >= 0.6 is 0 Å². The summed E-state index contributed by atoms with van der Waals surface area (Å²) in [7, 11) is 0. The molecule has 0 atom stereocenters. The minimum Gasteiger partial charge on any atom is -0.300 e. The van der Waals surface area contributed by atoms with E-state index in [1.54, 1.807) is 6.20 Å². The first-order valence-corrected chi connectivity index (χ1v) is 5.15. The van der Waals surface area contributed by atoms with Gasteiger partial charge in [-0.05, 0) is 30.3 Å². The lowest BCUT2D eigenvalue weighted by atomic mass is 10.3.